The van der Waals surface area contributed by atoms with Crippen molar-refractivity contribution in [3.8, 4) is 5.75 Å². The lowest BCUT2D eigenvalue weighted by atomic mass is 10.2. The van der Waals surface area contributed by atoms with Crippen LogP contribution >= 0.6 is 15.9 Å². The van der Waals surface area contributed by atoms with E-state index in [0.29, 0.717) is 11.3 Å². The number of nitrogens with zero attached hydrogens (tertiary/aromatic N) is 1. The van der Waals surface area contributed by atoms with Crippen molar-refractivity contribution in [2.24, 2.45) is 0 Å². The number of nitro groups is 1. The van der Waals surface area contributed by atoms with Crippen molar-refractivity contribution >= 4 is 22.0 Å². The SMILES string of the molecule is COc1cc(Br)ccc1C=C(C)[N+](=O)[O-]. The van der Waals surface area contributed by atoms with Crippen molar-refractivity contribution in [1.82, 2.24) is 0 Å². The number of hydrogen-bond donors (Lipinski definition) is 0. The minimum absolute atomic E-state index is 0.0793. The van der Waals surface area contributed by atoms with Gasteiger partial charge in [0.15, 0.2) is 0 Å². The van der Waals surface area contributed by atoms with Gasteiger partial charge in [0.05, 0.1) is 12.0 Å². The summed E-state index contributed by atoms with van der Waals surface area (Å²) in [5.41, 5.74) is 0.769. The molecule has 15 heavy (non-hydrogen) atoms. The van der Waals surface area contributed by atoms with E-state index in [9.17, 15) is 10.1 Å². The average Bonchev–Trinajstić information content (AvgIpc) is 2.20. The van der Waals surface area contributed by atoms with Crippen LogP contribution < -0.4 is 4.74 Å². The van der Waals surface area contributed by atoms with Crippen LogP contribution in [-0.2, 0) is 0 Å². The van der Waals surface area contributed by atoms with E-state index in [1.54, 1.807) is 12.1 Å². The monoisotopic (exact) mass is 271 g/mol. The molecule has 80 valence electrons. The number of benzene rings is 1. The van der Waals surface area contributed by atoms with Gasteiger partial charge in [-0.3, -0.25) is 10.1 Å². The van der Waals surface area contributed by atoms with Gasteiger partial charge in [0.1, 0.15) is 5.75 Å². The fourth-order valence-corrected chi connectivity index (χ4v) is 1.42. The highest BCUT2D eigenvalue weighted by molar-refractivity contribution is 9.10. The third-order valence-corrected chi connectivity index (χ3v) is 2.34. The summed E-state index contributed by atoms with van der Waals surface area (Å²) in [6, 6.07) is 5.33. The quantitative estimate of drug-likeness (QED) is 0.627. The Morgan fingerprint density at radius 2 is 2.27 bits per heavy atom. The van der Waals surface area contributed by atoms with Crippen molar-refractivity contribution in [1.29, 1.82) is 0 Å². The number of hydrogen-bond acceptors (Lipinski definition) is 3. The molecule has 0 saturated heterocycles. The number of allylic oxidation sites excluding steroid dienone is 1. The topological polar surface area (TPSA) is 52.4 Å². The van der Waals surface area contributed by atoms with E-state index >= 15 is 0 Å². The molecule has 1 aromatic rings. The summed E-state index contributed by atoms with van der Waals surface area (Å²) in [5.74, 6) is 0.602. The summed E-state index contributed by atoms with van der Waals surface area (Å²) in [6.07, 6.45) is 1.48. The summed E-state index contributed by atoms with van der Waals surface area (Å²) in [6.45, 7) is 1.45. The molecule has 5 heteroatoms. The number of halogens is 1. The van der Waals surface area contributed by atoms with Gasteiger partial charge in [0.25, 0.3) is 0 Å². The van der Waals surface area contributed by atoms with E-state index in [0.717, 1.165) is 4.47 Å². The second kappa shape index (κ2) is 4.93. The van der Waals surface area contributed by atoms with Crippen molar-refractivity contribution in [3.63, 3.8) is 0 Å². The van der Waals surface area contributed by atoms with Gasteiger partial charge in [-0.05, 0) is 18.2 Å². The first-order valence-corrected chi connectivity index (χ1v) is 5.00. The molecule has 0 fully saturated rings. The van der Waals surface area contributed by atoms with Crippen LogP contribution in [0.3, 0.4) is 0 Å². The zero-order valence-electron chi connectivity index (χ0n) is 8.36. The van der Waals surface area contributed by atoms with Crippen LogP contribution in [0, 0.1) is 10.1 Å². The Labute approximate surface area is 95.8 Å². The minimum Gasteiger partial charge on any atom is -0.496 e. The summed E-state index contributed by atoms with van der Waals surface area (Å²) >= 11 is 3.30. The molecule has 0 atom stereocenters. The van der Waals surface area contributed by atoms with Crippen LogP contribution in [0.4, 0.5) is 0 Å². The smallest absolute Gasteiger partial charge is 0.243 e. The molecule has 0 unspecified atom stereocenters. The molecule has 0 radical (unpaired) electrons. The highest BCUT2D eigenvalue weighted by Crippen LogP contribution is 2.25. The summed E-state index contributed by atoms with van der Waals surface area (Å²) in [7, 11) is 1.53. The first kappa shape index (κ1) is 11.7. The molecule has 0 bridgehead atoms. The van der Waals surface area contributed by atoms with E-state index in [1.807, 2.05) is 6.07 Å². The maximum absolute atomic E-state index is 10.5. The lowest BCUT2D eigenvalue weighted by molar-refractivity contribution is -0.422. The van der Waals surface area contributed by atoms with Crippen molar-refractivity contribution in [2.75, 3.05) is 7.11 Å². The summed E-state index contributed by atoms with van der Waals surface area (Å²) < 4.78 is 5.98. The van der Waals surface area contributed by atoms with Gasteiger partial charge < -0.3 is 4.74 Å². The molecule has 0 aliphatic rings. The molecule has 4 nitrogen and oxygen atoms in total. The molecule has 0 heterocycles. The molecule has 0 aliphatic heterocycles. The molecule has 1 aromatic carbocycles. The summed E-state index contributed by atoms with van der Waals surface area (Å²) in [4.78, 5) is 10.0. The van der Waals surface area contributed by atoms with Crippen LogP contribution in [0.2, 0.25) is 0 Å². The fourth-order valence-electron chi connectivity index (χ4n) is 1.08. The van der Waals surface area contributed by atoms with E-state index in [2.05, 4.69) is 15.9 Å². The van der Waals surface area contributed by atoms with E-state index in [-0.39, 0.29) is 5.70 Å². The Balaban J connectivity index is 3.15. The first-order valence-electron chi connectivity index (χ1n) is 4.21. The standard InChI is InChI=1S/C10H10BrNO3/c1-7(12(13)14)5-8-3-4-9(11)6-10(8)15-2/h3-6H,1-2H3. The van der Waals surface area contributed by atoms with Crippen LogP contribution in [0.15, 0.2) is 28.4 Å². The van der Waals surface area contributed by atoms with Gasteiger partial charge in [0, 0.05) is 23.0 Å². The highest BCUT2D eigenvalue weighted by atomic mass is 79.9. The van der Waals surface area contributed by atoms with Crippen LogP contribution in [0.1, 0.15) is 12.5 Å². The molecule has 0 N–H and O–H groups in total. The van der Waals surface area contributed by atoms with Crippen LogP contribution in [0.25, 0.3) is 6.08 Å². The average molecular weight is 272 g/mol. The Morgan fingerprint density at radius 1 is 1.60 bits per heavy atom. The summed E-state index contributed by atoms with van der Waals surface area (Å²) in [5, 5.41) is 10.5. The van der Waals surface area contributed by atoms with Gasteiger partial charge >= 0.3 is 0 Å². The maximum atomic E-state index is 10.5. The van der Waals surface area contributed by atoms with Crippen LogP contribution in [-0.4, -0.2) is 12.0 Å². The van der Waals surface area contributed by atoms with E-state index in [1.165, 1.54) is 20.1 Å². The Hall–Kier alpha value is -1.36. The molecule has 0 aromatic heterocycles. The van der Waals surface area contributed by atoms with Crippen molar-refractivity contribution < 1.29 is 9.66 Å². The van der Waals surface area contributed by atoms with E-state index < -0.39 is 4.92 Å². The molecule has 0 spiro atoms. The number of methoxy groups -OCH3 is 1. The fraction of sp³-hybridized carbons (Fsp3) is 0.200. The molecular weight excluding hydrogens is 262 g/mol. The number of ether oxygens (including phenoxy) is 1. The Kier molecular flexibility index (Phi) is 3.85. The minimum atomic E-state index is -0.429. The third-order valence-electron chi connectivity index (χ3n) is 1.85. The lowest BCUT2D eigenvalue weighted by Gasteiger charge is -2.04. The molecular formula is C10H10BrNO3. The van der Waals surface area contributed by atoms with Gasteiger partial charge in [0.2, 0.25) is 5.70 Å². The third kappa shape index (κ3) is 3.06. The van der Waals surface area contributed by atoms with Crippen LogP contribution in [0.5, 0.6) is 5.75 Å². The van der Waals surface area contributed by atoms with Gasteiger partial charge in [-0.1, -0.05) is 15.9 Å². The van der Waals surface area contributed by atoms with Crippen molar-refractivity contribution in [3.05, 3.63) is 44.0 Å². The molecule has 0 aliphatic carbocycles. The largest absolute Gasteiger partial charge is 0.496 e. The normalized spacial score (nSPS) is 11.3. The Morgan fingerprint density at radius 3 is 2.80 bits per heavy atom. The van der Waals surface area contributed by atoms with Gasteiger partial charge in [-0.2, -0.15) is 0 Å². The molecule has 1 rings (SSSR count). The Bertz CT molecular complexity index is 415. The zero-order valence-corrected chi connectivity index (χ0v) is 9.95. The number of rotatable bonds is 3. The van der Waals surface area contributed by atoms with E-state index in [4.69, 9.17) is 4.74 Å². The zero-order chi connectivity index (χ0) is 11.4. The second-order valence-corrected chi connectivity index (χ2v) is 3.84. The predicted molar refractivity (Wildman–Crippen MR) is 61.3 cm³/mol. The van der Waals surface area contributed by atoms with Gasteiger partial charge in [-0.25, -0.2) is 0 Å². The molecule has 0 saturated carbocycles. The lowest BCUT2D eigenvalue weighted by Crippen LogP contribution is -1.94. The highest BCUT2D eigenvalue weighted by Gasteiger charge is 2.06. The maximum Gasteiger partial charge on any atom is 0.243 e. The van der Waals surface area contributed by atoms with Crippen molar-refractivity contribution in [2.45, 2.75) is 6.92 Å². The first-order chi connectivity index (χ1) is 7.04. The predicted octanol–water partition coefficient (Wildman–Crippen LogP) is 3.10. The van der Waals surface area contributed by atoms with Gasteiger partial charge in [-0.15, -0.1) is 0 Å². The second-order valence-electron chi connectivity index (χ2n) is 2.93. The molecule has 0 amide bonds.